The van der Waals surface area contributed by atoms with Crippen molar-refractivity contribution >= 4 is 17.5 Å². The molecule has 0 atom stereocenters. The number of amides is 2. The first-order valence-electron chi connectivity index (χ1n) is 13.4. The minimum atomic E-state index is -0.538. The molecule has 9 nitrogen and oxygen atoms in total. The third-order valence-corrected chi connectivity index (χ3v) is 6.83. The average Bonchev–Trinajstić information content (AvgIpc) is 3.41. The summed E-state index contributed by atoms with van der Waals surface area (Å²) >= 11 is 0. The van der Waals surface area contributed by atoms with Crippen molar-refractivity contribution in [1.82, 2.24) is 14.4 Å². The summed E-state index contributed by atoms with van der Waals surface area (Å²) in [5.74, 6) is 0.118. The first-order chi connectivity index (χ1) is 19.7. The van der Waals surface area contributed by atoms with Crippen LogP contribution in [0.1, 0.15) is 41.0 Å². The largest absolute Gasteiger partial charge is 0.497 e. The lowest BCUT2D eigenvalue weighted by Crippen LogP contribution is -2.45. The van der Waals surface area contributed by atoms with E-state index in [0.29, 0.717) is 19.6 Å². The Morgan fingerprint density at radius 3 is 2.34 bits per heavy atom. The van der Waals surface area contributed by atoms with Crippen LogP contribution < -0.4 is 4.74 Å². The minimum Gasteiger partial charge on any atom is -0.497 e. The second-order valence-corrected chi connectivity index (χ2v) is 10.0. The van der Waals surface area contributed by atoms with Crippen LogP contribution in [0.4, 0.5) is 5.69 Å². The number of benzene rings is 3. The molecule has 1 heterocycles. The number of carbonyl (C=O) groups excluding carboxylic acids is 2. The van der Waals surface area contributed by atoms with Gasteiger partial charge in [-0.1, -0.05) is 48.5 Å². The predicted molar refractivity (Wildman–Crippen MR) is 156 cm³/mol. The first kappa shape index (κ1) is 29.1. The number of nitro groups is 1. The van der Waals surface area contributed by atoms with Gasteiger partial charge in [0.15, 0.2) is 0 Å². The topological polar surface area (TPSA) is 97.9 Å². The molecule has 0 saturated heterocycles. The molecule has 212 valence electrons. The second kappa shape index (κ2) is 13.4. The van der Waals surface area contributed by atoms with Crippen LogP contribution in [0.2, 0.25) is 0 Å². The van der Waals surface area contributed by atoms with E-state index in [-0.39, 0.29) is 29.7 Å². The van der Waals surface area contributed by atoms with Gasteiger partial charge in [0.1, 0.15) is 12.3 Å². The molecule has 41 heavy (non-hydrogen) atoms. The van der Waals surface area contributed by atoms with Crippen LogP contribution in [0, 0.1) is 10.1 Å². The molecular formula is C32H34N4O5. The van der Waals surface area contributed by atoms with Gasteiger partial charge in [-0.15, -0.1) is 0 Å². The lowest BCUT2D eigenvalue weighted by Gasteiger charge is -2.30. The normalized spacial score (nSPS) is 10.8. The Morgan fingerprint density at radius 2 is 1.63 bits per heavy atom. The number of carbonyl (C=O) groups is 2. The zero-order valence-corrected chi connectivity index (χ0v) is 23.5. The van der Waals surface area contributed by atoms with Crippen LogP contribution in [0.3, 0.4) is 0 Å². The molecule has 0 aliphatic carbocycles. The molecule has 0 unspecified atom stereocenters. The predicted octanol–water partition coefficient (Wildman–Crippen LogP) is 5.53. The van der Waals surface area contributed by atoms with Crippen molar-refractivity contribution in [2.45, 2.75) is 39.5 Å². The maximum atomic E-state index is 13.9. The van der Waals surface area contributed by atoms with E-state index in [0.717, 1.165) is 22.6 Å². The lowest BCUT2D eigenvalue weighted by atomic mass is 10.1. The fourth-order valence-electron chi connectivity index (χ4n) is 4.60. The zero-order valence-electron chi connectivity index (χ0n) is 23.5. The Bertz CT molecular complexity index is 1500. The molecule has 3 aromatic carbocycles. The molecule has 0 N–H and O–H groups in total. The SMILES string of the molecule is COc1cccc(Cn2cccc2CN(Cc2ccccc2)C(=O)CN(C(=O)c2cccc([N+](=O)[O-])c2)C(C)C)c1. The van der Waals surface area contributed by atoms with Gasteiger partial charge in [-0.25, -0.2) is 0 Å². The van der Waals surface area contributed by atoms with Gasteiger partial charge in [0.05, 0.1) is 18.6 Å². The van der Waals surface area contributed by atoms with Crippen molar-refractivity contribution in [2.75, 3.05) is 13.7 Å². The van der Waals surface area contributed by atoms with Crippen LogP contribution >= 0.6 is 0 Å². The molecule has 2 amide bonds. The van der Waals surface area contributed by atoms with Gasteiger partial charge < -0.3 is 19.1 Å². The summed E-state index contributed by atoms with van der Waals surface area (Å²) in [7, 11) is 1.64. The number of hydrogen-bond donors (Lipinski definition) is 0. The highest BCUT2D eigenvalue weighted by Crippen LogP contribution is 2.19. The summed E-state index contributed by atoms with van der Waals surface area (Å²) in [5.41, 5.74) is 2.97. The fraction of sp³-hybridized carbons (Fsp3) is 0.250. The number of non-ortho nitro benzene ring substituents is 1. The Balaban J connectivity index is 1.58. The third-order valence-electron chi connectivity index (χ3n) is 6.83. The smallest absolute Gasteiger partial charge is 0.270 e. The maximum absolute atomic E-state index is 13.9. The van der Waals surface area contributed by atoms with E-state index >= 15 is 0 Å². The van der Waals surface area contributed by atoms with Crippen molar-refractivity contribution in [3.63, 3.8) is 0 Å². The van der Waals surface area contributed by atoms with Crippen molar-refractivity contribution < 1.29 is 19.2 Å². The zero-order chi connectivity index (χ0) is 29.4. The van der Waals surface area contributed by atoms with E-state index in [2.05, 4.69) is 4.57 Å². The second-order valence-electron chi connectivity index (χ2n) is 10.0. The number of ether oxygens (including phenoxy) is 1. The summed E-state index contributed by atoms with van der Waals surface area (Å²) in [6.07, 6.45) is 1.98. The molecule has 4 rings (SSSR count). The number of aromatic nitrogens is 1. The van der Waals surface area contributed by atoms with E-state index in [9.17, 15) is 19.7 Å². The van der Waals surface area contributed by atoms with Crippen molar-refractivity contribution in [1.29, 1.82) is 0 Å². The highest BCUT2D eigenvalue weighted by atomic mass is 16.6. The van der Waals surface area contributed by atoms with Crippen LogP contribution in [0.5, 0.6) is 5.75 Å². The van der Waals surface area contributed by atoms with Crippen molar-refractivity contribution in [3.05, 3.63) is 130 Å². The molecule has 0 bridgehead atoms. The standard InChI is InChI=1S/C32H34N4O5/c1-24(2)35(32(38)27-13-8-14-28(19-27)36(39)40)23-31(37)34(20-25-10-5-4-6-11-25)22-29-15-9-17-33(29)21-26-12-7-16-30(18-26)41-3/h4-19,24H,20-23H2,1-3H3. The third kappa shape index (κ3) is 7.60. The maximum Gasteiger partial charge on any atom is 0.270 e. The lowest BCUT2D eigenvalue weighted by molar-refractivity contribution is -0.384. The van der Waals surface area contributed by atoms with Crippen molar-refractivity contribution in [3.8, 4) is 5.75 Å². The Labute approximate surface area is 239 Å². The van der Waals surface area contributed by atoms with Crippen molar-refractivity contribution in [2.24, 2.45) is 0 Å². The van der Waals surface area contributed by atoms with Crippen LogP contribution in [0.25, 0.3) is 0 Å². The quantitative estimate of drug-likeness (QED) is 0.169. The van der Waals surface area contributed by atoms with Gasteiger partial charge in [0.2, 0.25) is 5.91 Å². The first-order valence-corrected chi connectivity index (χ1v) is 13.4. The molecule has 0 radical (unpaired) electrons. The van der Waals surface area contributed by atoms with Gasteiger partial charge in [-0.3, -0.25) is 19.7 Å². The summed E-state index contributed by atoms with van der Waals surface area (Å²) < 4.78 is 7.46. The number of hydrogen-bond acceptors (Lipinski definition) is 5. The van der Waals surface area contributed by atoms with Gasteiger partial charge in [0, 0.05) is 48.7 Å². The van der Waals surface area contributed by atoms with Gasteiger partial charge in [-0.05, 0) is 55.3 Å². The molecule has 0 fully saturated rings. The Hall–Kier alpha value is -4.92. The molecule has 9 heteroatoms. The van der Waals surface area contributed by atoms with Crippen LogP contribution in [-0.4, -0.2) is 50.8 Å². The average molecular weight is 555 g/mol. The highest BCUT2D eigenvalue weighted by Gasteiger charge is 2.26. The van der Waals surface area contributed by atoms with Crippen LogP contribution in [0.15, 0.2) is 97.2 Å². The molecule has 0 aliphatic heterocycles. The number of nitro benzene ring substituents is 1. The molecule has 0 aliphatic rings. The van der Waals surface area contributed by atoms with E-state index in [4.69, 9.17) is 4.74 Å². The highest BCUT2D eigenvalue weighted by molar-refractivity contribution is 5.97. The van der Waals surface area contributed by atoms with Crippen LogP contribution in [-0.2, 0) is 24.4 Å². The molecule has 1 aromatic heterocycles. The molecular weight excluding hydrogens is 520 g/mol. The van der Waals surface area contributed by atoms with Gasteiger partial charge >= 0.3 is 0 Å². The summed E-state index contributed by atoms with van der Waals surface area (Å²) in [6.45, 7) is 4.79. The fourth-order valence-corrected chi connectivity index (χ4v) is 4.60. The number of rotatable bonds is 12. The Morgan fingerprint density at radius 1 is 0.902 bits per heavy atom. The summed E-state index contributed by atoms with van der Waals surface area (Å²) in [4.78, 5) is 41.2. The number of methoxy groups -OCH3 is 1. The van der Waals surface area contributed by atoms with Gasteiger partial charge in [-0.2, -0.15) is 0 Å². The number of nitrogens with zero attached hydrogens (tertiary/aromatic N) is 4. The molecule has 0 spiro atoms. The monoisotopic (exact) mass is 554 g/mol. The molecule has 0 saturated carbocycles. The molecule has 4 aromatic rings. The summed E-state index contributed by atoms with van der Waals surface area (Å²) in [5, 5.41) is 11.3. The van der Waals surface area contributed by atoms with Gasteiger partial charge in [0.25, 0.3) is 11.6 Å². The Kier molecular flexibility index (Phi) is 9.52. The van der Waals surface area contributed by atoms with E-state index in [1.165, 1.54) is 29.2 Å². The van der Waals surface area contributed by atoms with E-state index < -0.39 is 10.8 Å². The van der Waals surface area contributed by atoms with E-state index in [1.807, 2.05) is 86.8 Å². The minimum absolute atomic E-state index is 0.164. The summed E-state index contributed by atoms with van der Waals surface area (Å²) in [6, 6.07) is 26.8. The van der Waals surface area contributed by atoms with E-state index in [1.54, 1.807) is 12.0 Å².